The van der Waals surface area contributed by atoms with E-state index < -0.39 is 15.9 Å². The number of halogens is 2. The first kappa shape index (κ1) is 13.2. The smallest absolute Gasteiger partial charge is 0.258 e. The van der Waals surface area contributed by atoms with Gasteiger partial charge < -0.3 is 0 Å². The van der Waals surface area contributed by atoms with E-state index in [0.29, 0.717) is 0 Å². The molecular formula is C8H8Cl2N2O3S. The topological polar surface area (TPSA) is 75.3 Å². The predicted molar refractivity (Wildman–Crippen MR) is 60.6 cm³/mol. The van der Waals surface area contributed by atoms with Crippen molar-refractivity contribution >= 4 is 39.1 Å². The average Bonchev–Trinajstić information content (AvgIpc) is 2.19. The molecule has 1 rings (SSSR count). The molecule has 1 aromatic rings. The van der Waals surface area contributed by atoms with E-state index in [1.165, 1.54) is 25.1 Å². The zero-order valence-corrected chi connectivity index (χ0v) is 10.4. The predicted octanol–water partition coefficient (Wildman–Crippen LogP) is 1.32. The van der Waals surface area contributed by atoms with Crippen LogP contribution in [-0.4, -0.2) is 14.3 Å². The molecule has 0 spiro atoms. The fourth-order valence-corrected chi connectivity index (χ4v) is 2.54. The molecular weight excluding hydrogens is 275 g/mol. The normalized spacial score (nSPS) is 11.2. The van der Waals surface area contributed by atoms with E-state index in [1.54, 1.807) is 0 Å². The first-order valence-corrected chi connectivity index (χ1v) is 6.31. The Bertz CT molecular complexity index is 516. The highest BCUT2D eigenvalue weighted by molar-refractivity contribution is 7.89. The number of rotatable bonds is 3. The van der Waals surface area contributed by atoms with Crippen LogP contribution in [0.15, 0.2) is 23.1 Å². The van der Waals surface area contributed by atoms with E-state index in [9.17, 15) is 13.2 Å². The van der Waals surface area contributed by atoms with Crippen LogP contribution >= 0.6 is 23.2 Å². The maximum atomic E-state index is 11.6. The Morgan fingerprint density at radius 2 is 1.94 bits per heavy atom. The van der Waals surface area contributed by atoms with Gasteiger partial charge in [-0.2, -0.15) is 0 Å². The number of hydrazine groups is 1. The van der Waals surface area contributed by atoms with Gasteiger partial charge in [0.2, 0.25) is 5.91 Å². The van der Waals surface area contributed by atoms with Crippen LogP contribution in [0.25, 0.3) is 0 Å². The van der Waals surface area contributed by atoms with E-state index in [0.717, 1.165) is 0 Å². The maximum absolute atomic E-state index is 11.6. The van der Waals surface area contributed by atoms with Crippen molar-refractivity contribution in [3.8, 4) is 0 Å². The molecule has 0 saturated carbocycles. The number of amides is 1. The van der Waals surface area contributed by atoms with Gasteiger partial charge in [-0.3, -0.25) is 10.2 Å². The zero-order valence-electron chi connectivity index (χ0n) is 8.12. The monoisotopic (exact) mass is 282 g/mol. The second-order valence-electron chi connectivity index (χ2n) is 2.84. The summed E-state index contributed by atoms with van der Waals surface area (Å²) in [4.78, 5) is 12.3. The summed E-state index contributed by atoms with van der Waals surface area (Å²) < 4.78 is 23.3. The van der Waals surface area contributed by atoms with E-state index in [2.05, 4.69) is 0 Å². The van der Waals surface area contributed by atoms with Crippen LogP contribution < -0.4 is 10.3 Å². The molecule has 1 aromatic carbocycles. The lowest BCUT2D eigenvalue weighted by molar-refractivity contribution is -0.119. The van der Waals surface area contributed by atoms with Crippen molar-refractivity contribution in [2.75, 3.05) is 0 Å². The Labute approximate surface area is 103 Å². The fourth-order valence-electron chi connectivity index (χ4n) is 0.886. The Kier molecular flexibility index (Phi) is 4.15. The van der Waals surface area contributed by atoms with Crippen LogP contribution in [0.4, 0.5) is 0 Å². The van der Waals surface area contributed by atoms with Crippen molar-refractivity contribution in [2.45, 2.75) is 11.8 Å². The molecule has 0 heterocycles. The maximum Gasteiger partial charge on any atom is 0.258 e. The number of hydrogen-bond donors (Lipinski definition) is 2. The minimum atomic E-state index is -3.91. The van der Waals surface area contributed by atoms with Crippen molar-refractivity contribution in [3.05, 3.63) is 28.2 Å². The number of hydrogen-bond acceptors (Lipinski definition) is 3. The molecule has 5 nitrogen and oxygen atoms in total. The van der Waals surface area contributed by atoms with Crippen molar-refractivity contribution in [1.82, 2.24) is 10.3 Å². The summed E-state index contributed by atoms with van der Waals surface area (Å²) in [5, 5.41) is 0.0226. The van der Waals surface area contributed by atoms with E-state index in [4.69, 9.17) is 23.2 Å². The molecule has 16 heavy (non-hydrogen) atoms. The summed E-state index contributed by atoms with van der Waals surface area (Å²) in [7, 11) is -3.91. The van der Waals surface area contributed by atoms with E-state index >= 15 is 0 Å². The average molecular weight is 283 g/mol. The summed E-state index contributed by atoms with van der Waals surface area (Å²) in [5.41, 5.74) is 1.95. The number of benzene rings is 1. The number of sulfonamides is 1. The highest BCUT2D eigenvalue weighted by Crippen LogP contribution is 2.28. The summed E-state index contributed by atoms with van der Waals surface area (Å²) in [6, 6.07) is 4.18. The van der Waals surface area contributed by atoms with Crippen molar-refractivity contribution in [2.24, 2.45) is 0 Å². The Morgan fingerprint density at radius 3 is 2.50 bits per heavy atom. The van der Waals surface area contributed by atoms with Gasteiger partial charge in [0.1, 0.15) is 4.90 Å². The van der Waals surface area contributed by atoms with Gasteiger partial charge in [-0.1, -0.05) is 29.3 Å². The highest BCUT2D eigenvalue weighted by atomic mass is 35.5. The molecule has 1 amide bonds. The first-order chi connectivity index (χ1) is 7.34. The van der Waals surface area contributed by atoms with Crippen LogP contribution in [0.2, 0.25) is 10.0 Å². The summed E-state index contributed by atoms with van der Waals surface area (Å²) in [6.45, 7) is 1.17. The van der Waals surface area contributed by atoms with Gasteiger partial charge in [-0.05, 0) is 12.1 Å². The third kappa shape index (κ3) is 3.08. The Hall–Kier alpha value is -0.820. The number of nitrogens with one attached hydrogen (secondary N) is 2. The highest BCUT2D eigenvalue weighted by Gasteiger charge is 2.19. The lowest BCUT2D eigenvalue weighted by Crippen LogP contribution is -2.40. The lowest BCUT2D eigenvalue weighted by Gasteiger charge is -2.08. The molecule has 0 radical (unpaired) electrons. The molecule has 88 valence electrons. The summed E-state index contributed by atoms with van der Waals surface area (Å²) in [6.07, 6.45) is 0. The first-order valence-electron chi connectivity index (χ1n) is 4.07. The van der Waals surface area contributed by atoms with E-state index in [-0.39, 0.29) is 14.9 Å². The third-order valence-corrected chi connectivity index (χ3v) is 3.79. The van der Waals surface area contributed by atoms with Gasteiger partial charge in [-0.15, -0.1) is 4.83 Å². The van der Waals surface area contributed by atoms with Gasteiger partial charge in [0.05, 0.1) is 10.0 Å². The molecule has 0 aliphatic rings. The summed E-state index contributed by atoms with van der Waals surface area (Å²) >= 11 is 11.4. The fraction of sp³-hybridized carbons (Fsp3) is 0.125. The van der Waals surface area contributed by atoms with E-state index in [1.807, 2.05) is 10.3 Å². The molecule has 0 aliphatic heterocycles. The minimum Gasteiger partial charge on any atom is -0.278 e. The largest absolute Gasteiger partial charge is 0.278 e. The van der Waals surface area contributed by atoms with Gasteiger partial charge in [0.15, 0.2) is 0 Å². The molecule has 0 unspecified atom stereocenters. The third-order valence-electron chi connectivity index (χ3n) is 1.57. The Morgan fingerprint density at radius 1 is 1.31 bits per heavy atom. The minimum absolute atomic E-state index is 0.0954. The van der Waals surface area contributed by atoms with Crippen LogP contribution in [-0.2, 0) is 14.8 Å². The molecule has 0 aliphatic carbocycles. The van der Waals surface area contributed by atoms with Crippen LogP contribution in [0.3, 0.4) is 0 Å². The van der Waals surface area contributed by atoms with Crippen molar-refractivity contribution in [3.63, 3.8) is 0 Å². The quantitative estimate of drug-likeness (QED) is 0.821. The molecule has 0 bridgehead atoms. The summed E-state index contributed by atoms with van der Waals surface area (Å²) in [5.74, 6) is -0.540. The molecule has 8 heteroatoms. The number of carbonyl (C=O) groups excluding carboxylic acids is 1. The van der Waals surface area contributed by atoms with Gasteiger partial charge >= 0.3 is 0 Å². The van der Waals surface area contributed by atoms with Crippen LogP contribution in [0.5, 0.6) is 0 Å². The van der Waals surface area contributed by atoms with Gasteiger partial charge in [-0.25, -0.2) is 8.42 Å². The van der Waals surface area contributed by atoms with Gasteiger partial charge in [0, 0.05) is 6.92 Å². The lowest BCUT2D eigenvalue weighted by atomic mass is 10.4. The van der Waals surface area contributed by atoms with Gasteiger partial charge in [0.25, 0.3) is 10.0 Å². The van der Waals surface area contributed by atoms with Crippen LogP contribution in [0, 0.1) is 0 Å². The Balaban J connectivity index is 3.08. The SMILES string of the molecule is CC(=O)NNS(=O)(=O)c1cccc(Cl)c1Cl. The van der Waals surface area contributed by atoms with Crippen LogP contribution in [0.1, 0.15) is 6.92 Å². The molecule has 0 fully saturated rings. The molecule has 0 aromatic heterocycles. The molecule has 0 saturated heterocycles. The molecule has 2 N–H and O–H groups in total. The second-order valence-corrected chi connectivity index (χ2v) is 5.27. The zero-order chi connectivity index (χ0) is 12.3. The standard InChI is InChI=1S/C8H8Cl2N2O3S/c1-5(13)11-12-16(14,15)7-4-2-3-6(9)8(7)10/h2-4,12H,1H3,(H,11,13). The number of carbonyl (C=O) groups is 1. The van der Waals surface area contributed by atoms with Crippen molar-refractivity contribution < 1.29 is 13.2 Å². The van der Waals surface area contributed by atoms with Crippen molar-refractivity contribution in [1.29, 1.82) is 0 Å². The molecule has 0 atom stereocenters. The second kappa shape index (κ2) is 5.01.